The van der Waals surface area contributed by atoms with E-state index in [0.717, 1.165) is 24.9 Å². The Kier molecular flexibility index (Phi) is 9.52. The Labute approximate surface area is 205 Å². The minimum absolute atomic E-state index is 0.0816. The van der Waals surface area contributed by atoms with E-state index >= 15 is 0 Å². The standard InChI is InChI=1S/C29H44N2O3/c1-19(2)31(20(3)4)29(34)11-12-30-18-23-14-24-17-28(33)26(27(24)16-23)10-9-25(32)15-22-8-6-7-21(5)13-22/h6-10,13-14,19-20,24-28,30,32-33H,11-12,15-18H2,1-5H3/b10-9+/t24-,25+,26+,27-,28+/m0/s1. The van der Waals surface area contributed by atoms with Crippen LogP contribution in [0.25, 0.3) is 0 Å². The molecule has 1 amide bonds. The molecular weight excluding hydrogens is 424 g/mol. The first-order valence-electron chi connectivity index (χ1n) is 13.0. The SMILES string of the molecule is Cc1cccc(C[C@H](O)/C=C/[C@@H]2[C@H]3CC(CNCCC(=O)N(C(C)C)C(C)C)=C[C@H]3C[C@H]2O)c1. The van der Waals surface area contributed by atoms with E-state index in [4.69, 9.17) is 0 Å². The molecule has 34 heavy (non-hydrogen) atoms. The number of nitrogens with one attached hydrogen (secondary N) is 1. The summed E-state index contributed by atoms with van der Waals surface area (Å²) in [7, 11) is 0. The smallest absolute Gasteiger partial charge is 0.224 e. The Morgan fingerprint density at radius 3 is 2.65 bits per heavy atom. The summed E-state index contributed by atoms with van der Waals surface area (Å²) in [5.74, 6) is 1.08. The van der Waals surface area contributed by atoms with Crippen LogP contribution < -0.4 is 5.32 Å². The molecule has 5 atom stereocenters. The fraction of sp³-hybridized carbons (Fsp3) is 0.621. The summed E-state index contributed by atoms with van der Waals surface area (Å²) in [6.45, 7) is 11.8. The van der Waals surface area contributed by atoms with E-state index in [9.17, 15) is 15.0 Å². The molecule has 3 N–H and O–H groups in total. The van der Waals surface area contributed by atoms with Crippen LogP contribution in [0.1, 0.15) is 58.1 Å². The lowest BCUT2D eigenvalue weighted by Gasteiger charge is -2.31. The minimum Gasteiger partial charge on any atom is -0.392 e. The molecule has 3 rings (SSSR count). The normalized spacial score (nSPS) is 25.3. The molecule has 1 aromatic carbocycles. The molecule has 0 heterocycles. The van der Waals surface area contributed by atoms with Gasteiger partial charge < -0.3 is 20.4 Å². The Bertz CT molecular complexity index is 868. The van der Waals surface area contributed by atoms with Crippen LogP contribution in [0.15, 0.2) is 48.1 Å². The third-order valence-electron chi connectivity index (χ3n) is 7.30. The van der Waals surface area contributed by atoms with E-state index in [-0.39, 0.29) is 30.0 Å². The van der Waals surface area contributed by atoms with Crippen molar-refractivity contribution in [1.82, 2.24) is 10.2 Å². The van der Waals surface area contributed by atoms with Gasteiger partial charge in [0.25, 0.3) is 0 Å². The molecule has 1 aromatic rings. The molecule has 5 nitrogen and oxygen atoms in total. The summed E-state index contributed by atoms with van der Waals surface area (Å²) in [5.41, 5.74) is 3.70. The average Bonchev–Trinajstić information content (AvgIpc) is 3.25. The number of hydrogen-bond acceptors (Lipinski definition) is 4. The van der Waals surface area contributed by atoms with Gasteiger partial charge in [-0.25, -0.2) is 0 Å². The zero-order valence-electron chi connectivity index (χ0n) is 21.6. The predicted octanol–water partition coefficient (Wildman–Crippen LogP) is 4.02. The van der Waals surface area contributed by atoms with Crippen LogP contribution in [0, 0.1) is 24.7 Å². The largest absolute Gasteiger partial charge is 0.392 e. The van der Waals surface area contributed by atoms with Crippen molar-refractivity contribution in [3.05, 3.63) is 59.2 Å². The Hall–Kier alpha value is -1.95. The number of aryl methyl sites for hydroxylation is 1. The maximum absolute atomic E-state index is 12.5. The van der Waals surface area contributed by atoms with Gasteiger partial charge in [0.15, 0.2) is 0 Å². The second kappa shape index (κ2) is 12.1. The van der Waals surface area contributed by atoms with Gasteiger partial charge in [0, 0.05) is 43.9 Å². The molecule has 0 saturated heterocycles. The molecule has 5 heteroatoms. The van der Waals surface area contributed by atoms with Gasteiger partial charge in [0.05, 0.1) is 12.2 Å². The van der Waals surface area contributed by atoms with Crippen molar-refractivity contribution in [3.8, 4) is 0 Å². The van der Waals surface area contributed by atoms with E-state index in [1.807, 2.05) is 29.2 Å². The Morgan fingerprint density at radius 1 is 1.24 bits per heavy atom. The second-order valence-electron chi connectivity index (χ2n) is 10.8. The number of aliphatic hydroxyl groups is 2. The van der Waals surface area contributed by atoms with E-state index in [1.54, 1.807) is 0 Å². The third kappa shape index (κ3) is 7.03. The summed E-state index contributed by atoms with van der Waals surface area (Å²) >= 11 is 0. The molecule has 0 aromatic heterocycles. The van der Waals surface area contributed by atoms with Gasteiger partial charge in [-0.1, -0.05) is 53.6 Å². The van der Waals surface area contributed by atoms with Crippen LogP contribution >= 0.6 is 0 Å². The third-order valence-corrected chi connectivity index (χ3v) is 7.30. The van der Waals surface area contributed by atoms with Crippen molar-refractivity contribution in [2.75, 3.05) is 13.1 Å². The van der Waals surface area contributed by atoms with Gasteiger partial charge in [0.1, 0.15) is 0 Å². The first-order chi connectivity index (χ1) is 16.2. The first-order valence-corrected chi connectivity index (χ1v) is 13.0. The zero-order chi connectivity index (χ0) is 24.8. The van der Waals surface area contributed by atoms with E-state index in [1.165, 1.54) is 11.1 Å². The summed E-state index contributed by atoms with van der Waals surface area (Å²) in [4.78, 5) is 14.5. The molecule has 1 fully saturated rings. The van der Waals surface area contributed by atoms with Crippen LogP contribution in [0.5, 0.6) is 0 Å². The van der Waals surface area contributed by atoms with Crippen LogP contribution in [0.2, 0.25) is 0 Å². The number of nitrogens with zero attached hydrogens (tertiary/aromatic N) is 1. The van der Waals surface area contributed by atoms with Gasteiger partial charge in [0.2, 0.25) is 5.91 Å². The van der Waals surface area contributed by atoms with Crippen LogP contribution in [-0.2, 0) is 11.2 Å². The molecule has 0 bridgehead atoms. The highest BCUT2D eigenvalue weighted by atomic mass is 16.3. The van der Waals surface area contributed by atoms with Gasteiger partial charge in [-0.15, -0.1) is 0 Å². The lowest BCUT2D eigenvalue weighted by molar-refractivity contribution is -0.134. The minimum atomic E-state index is -0.544. The maximum atomic E-state index is 12.5. The highest BCUT2D eigenvalue weighted by molar-refractivity contribution is 5.77. The molecule has 188 valence electrons. The maximum Gasteiger partial charge on any atom is 0.224 e. The molecule has 0 aliphatic heterocycles. The van der Waals surface area contributed by atoms with Crippen LogP contribution in [0.3, 0.4) is 0 Å². The topological polar surface area (TPSA) is 72.8 Å². The number of allylic oxidation sites excluding steroid dienone is 1. The number of rotatable bonds is 11. The summed E-state index contributed by atoms with van der Waals surface area (Å²) in [6.07, 6.45) is 8.21. The molecule has 2 aliphatic rings. The van der Waals surface area contributed by atoms with Crippen molar-refractivity contribution in [3.63, 3.8) is 0 Å². The molecule has 0 spiro atoms. The first kappa shape index (κ1) is 26.7. The molecular formula is C29H44N2O3. The Morgan fingerprint density at radius 2 is 1.97 bits per heavy atom. The van der Waals surface area contributed by atoms with E-state index in [0.29, 0.717) is 31.2 Å². The van der Waals surface area contributed by atoms with Gasteiger partial charge in [-0.2, -0.15) is 0 Å². The molecule has 1 saturated carbocycles. The van der Waals surface area contributed by atoms with Crippen molar-refractivity contribution in [1.29, 1.82) is 0 Å². The fourth-order valence-corrected chi connectivity index (χ4v) is 5.89. The fourth-order valence-electron chi connectivity index (χ4n) is 5.89. The monoisotopic (exact) mass is 468 g/mol. The van der Waals surface area contributed by atoms with Crippen molar-refractivity contribution in [2.24, 2.45) is 17.8 Å². The molecule has 0 unspecified atom stereocenters. The van der Waals surface area contributed by atoms with E-state index < -0.39 is 6.10 Å². The molecule has 2 aliphatic carbocycles. The summed E-state index contributed by atoms with van der Waals surface area (Å²) in [5, 5.41) is 24.6. The number of carbonyl (C=O) groups excluding carboxylic acids is 1. The quantitative estimate of drug-likeness (QED) is 0.339. The van der Waals surface area contributed by atoms with Gasteiger partial charge in [-0.3, -0.25) is 4.79 Å². The van der Waals surface area contributed by atoms with Crippen LogP contribution in [0.4, 0.5) is 0 Å². The number of carbonyl (C=O) groups is 1. The summed E-state index contributed by atoms with van der Waals surface area (Å²) in [6, 6.07) is 8.67. The lowest BCUT2D eigenvalue weighted by atomic mass is 9.89. The number of amides is 1. The molecule has 0 radical (unpaired) electrons. The number of benzene rings is 1. The van der Waals surface area contributed by atoms with Gasteiger partial charge in [-0.05, 0) is 64.9 Å². The highest BCUT2D eigenvalue weighted by Crippen LogP contribution is 2.47. The van der Waals surface area contributed by atoms with Crippen molar-refractivity contribution < 1.29 is 15.0 Å². The van der Waals surface area contributed by atoms with Gasteiger partial charge >= 0.3 is 0 Å². The number of hydrogen-bond donors (Lipinski definition) is 3. The lowest BCUT2D eigenvalue weighted by Crippen LogP contribution is -2.43. The van der Waals surface area contributed by atoms with Crippen molar-refractivity contribution in [2.45, 2.75) is 84.6 Å². The van der Waals surface area contributed by atoms with E-state index in [2.05, 4.69) is 58.1 Å². The Balaban J connectivity index is 1.45. The zero-order valence-corrected chi connectivity index (χ0v) is 21.6. The predicted molar refractivity (Wildman–Crippen MR) is 138 cm³/mol. The number of fused-ring (bicyclic) bond motifs is 1. The highest BCUT2D eigenvalue weighted by Gasteiger charge is 2.43. The summed E-state index contributed by atoms with van der Waals surface area (Å²) < 4.78 is 0. The number of aliphatic hydroxyl groups excluding tert-OH is 2. The van der Waals surface area contributed by atoms with Crippen molar-refractivity contribution >= 4 is 5.91 Å². The second-order valence-corrected chi connectivity index (χ2v) is 10.8. The average molecular weight is 469 g/mol. The van der Waals surface area contributed by atoms with Crippen LogP contribution in [-0.4, -0.2) is 58.4 Å².